The number of hydrogen-bond acceptors (Lipinski definition) is 3. The monoisotopic (exact) mass is 348 g/mol. The van der Waals surface area contributed by atoms with Crippen molar-refractivity contribution in [3.63, 3.8) is 0 Å². The molecule has 0 saturated heterocycles. The van der Waals surface area contributed by atoms with Crippen molar-refractivity contribution in [2.45, 2.75) is 6.36 Å². The molecular weight excluding hydrogens is 333 g/mol. The highest BCUT2D eigenvalue weighted by molar-refractivity contribution is 6.02. The molecule has 1 aromatic heterocycles. The van der Waals surface area contributed by atoms with E-state index in [0.29, 0.717) is 22.2 Å². The number of methoxy groups -OCH3 is 1. The third-order valence-corrected chi connectivity index (χ3v) is 3.65. The van der Waals surface area contributed by atoms with Crippen LogP contribution in [0, 0.1) is 0 Å². The number of hydrogen-bond donors (Lipinski definition) is 0. The number of nitrogens with zero attached hydrogens (tertiary/aromatic N) is 2. The maximum Gasteiger partial charge on any atom is 0.573 e. The van der Waals surface area contributed by atoms with Crippen molar-refractivity contribution >= 4 is 22.8 Å². The van der Waals surface area contributed by atoms with Crippen LogP contribution >= 0.6 is 0 Å². The van der Waals surface area contributed by atoms with Crippen LogP contribution < -0.4 is 9.47 Å². The molecule has 3 aromatic rings. The van der Waals surface area contributed by atoms with E-state index in [4.69, 9.17) is 4.74 Å². The van der Waals surface area contributed by atoms with E-state index in [1.165, 1.54) is 12.1 Å². The van der Waals surface area contributed by atoms with Gasteiger partial charge in [0.1, 0.15) is 5.75 Å². The van der Waals surface area contributed by atoms with Crippen molar-refractivity contribution in [3.05, 3.63) is 54.2 Å². The first kappa shape index (κ1) is 16.9. The number of aliphatic imine (C=N–C) groups is 1. The molecule has 0 atom stereocenters. The third kappa shape index (κ3) is 3.76. The normalized spacial score (nSPS) is 12.0. The molecule has 2 aromatic carbocycles. The van der Waals surface area contributed by atoms with Crippen LogP contribution in [0.25, 0.3) is 10.9 Å². The summed E-state index contributed by atoms with van der Waals surface area (Å²) in [4.78, 5) is 4.36. The number of halogens is 3. The van der Waals surface area contributed by atoms with E-state index in [-0.39, 0.29) is 5.75 Å². The molecule has 0 aliphatic rings. The van der Waals surface area contributed by atoms with Gasteiger partial charge in [-0.2, -0.15) is 0 Å². The Morgan fingerprint density at radius 1 is 1.08 bits per heavy atom. The van der Waals surface area contributed by atoms with Gasteiger partial charge in [0.2, 0.25) is 0 Å². The lowest BCUT2D eigenvalue weighted by molar-refractivity contribution is -0.274. The Morgan fingerprint density at radius 3 is 2.44 bits per heavy atom. The molecule has 0 unspecified atom stereocenters. The van der Waals surface area contributed by atoms with Crippen molar-refractivity contribution < 1.29 is 22.6 Å². The van der Waals surface area contributed by atoms with Gasteiger partial charge in [-0.25, -0.2) is 0 Å². The predicted octanol–water partition coefficient (Wildman–Crippen LogP) is 4.84. The van der Waals surface area contributed by atoms with Gasteiger partial charge >= 0.3 is 6.36 Å². The van der Waals surface area contributed by atoms with Crippen LogP contribution in [0.15, 0.2) is 53.7 Å². The van der Waals surface area contributed by atoms with Gasteiger partial charge in [-0.1, -0.05) is 12.1 Å². The van der Waals surface area contributed by atoms with Crippen molar-refractivity contribution in [1.82, 2.24) is 4.57 Å². The molecule has 0 aliphatic carbocycles. The summed E-state index contributed by atoms with van der Waals surface area (Å²) in [7, 11) is 3.24. The van der Waals surface area contributed by atoms with Crippen molar-refractivity contribution in [1.29, 1.82) is 0 Å². The molecule has 0 fully saturated rings. The van der Waals surface area contributed by atoms with Crippen molar-refractivity contribution in [2.75, 3.05) is 7.11 Å². The van der Waals surface area contributed by atoms with Gasteiger partial charge in [0.15, 0.2) is 5.75 Å². The molecule has 0 spiro atoms. The predicted molar refractivity (Wildman–Crippen MR) is 89.9 cm³/mol. The van der Waals surface area contributed by atoms with Crippen LogP contribution in [0.3, 0.4) is 0 Å². The minimum atomic E-state index is -4.74. The Kier molecular flexibility index (Phi) is 4.39. The van der Waals surface area contributed by atoms with Gasteiger partial charge in [0.25, 0.3) is 0 Å². The summed E-state index contributed by atoms with van der Waals surface area (Å²) in [5.74, 6) is 0.481. The fourth-order valence-electron chi connectivity index (χ4n) is 2.58. The molecule has 7 heteroatoms. The highest BCUT2D eigenvalue weighted by Crippen LogP contribution is 2.32. The molecule has 0 amide bonds. The van der Waals surface area contributed by atoms with Gasteiger partial charge in [-0.05, 0) is 30.3 Å². The number of ether oxygens (including phenoxy) is 2. The Balaban J connectivity index is 1.97. The fourth-order valence-corrected chi connectivity index (χ4v) is 2.58. The van der Waals surface area contributed by atoms with Gasteiger partial charge in [-0.3, -0.25) is 4.99 Å². The molecule has 130 valence electrons. The summed E-state index contributed by atoms with van der Waals surface area (Å²) in [6.07, 6.45) is -1.42. The van der Waals surface area contributed by atoms with Crippen molar-refractivity contribution in [3.8, 4) is 11.5 Å². The summed E-state index contributed by atoms with van der Waals surface area (Å²) in [6.45, 7) is 0. The SMILES string of the molecule is COc1ccc(N=Cc2cn(C)c3c(OC(F)(F)F)cccc23)cc1. The summed E-state index contributed by atoms with van der Waals surface area (Å²) in [5.41, 5.74) is 1.76. The molecule has 1 heterocycles. The van der Waals surface area contributed by atoms with E-state index in [1.54, 1.807) is 61.5 Å². The molecule has 0 N–H and O–H groups in total. The maximum absolute atomic E-state index is 12.6. The van der Waals surface area contributed by atoms with Crippen LogP contribution in [0.2, 0.25) is 0 Å². The highest BCUT2D eigenvalue weighted by atomic mass is 19.4. The number of aromatic nitrogens is 1. The van der Waals surface area contributed by atoms with Gasteiger partial charge in [0.05, 0.1) is 18.3 Å². The topological polar surface area (TPSA) is 35.8 Å². The fraction of sp³-hybridized carbons (Fsp3) is 0.167. The Bertz CT molecular complexity index is 912. The zero-order valence-corrected chi connectivity index (χ0v) is 13.5. The second kappa shape index (κ2) is 6.51. The molecule has 3 rings (SSSR count). The quantitative estimate of drug-likeness (QED) is 0.633. The van der Waals surface area contributed by atoms with Crippen LogP contribution in [-0.2, 0) is 7.05 Å². The maximum atomic E-state index is 12.6. The van der Waals surface area contributed by atoms with Gasteiger partial charge in [0, 0.05) is 30.4 Å². The smallest absolute Gasteiger partial charge is 0.497 e. The number of fused-ring (bicyclic) bond motifs is 1. The van der Waals surface area contributed by atoms with Crippen LogP contribution in [-0.4, -0.2) is 24.3 Å². The molecule has 0 bridgehead atoms. The minimum absolute atomic E-state index is 0.239. The summed E-state index contributed by atoms with van der Waals surface area (Å²) < 4.78 is 48.5. The van der Waals surface area contributed by atoms with E-state index < -0.39 is 6.36 Å². The van der Waals surface area contributed by atoms with Crippen molar-refractivity contribution in [2.24, 2.45) is 12.0 Å². The highest BCUT2D eigenvalue weighted by Gasteiger charge is 2.32. The Morgan fingerprint density at radius 2 is 1.80 bits per heavy atom. The van der Waals surface area contributed by atoms with E-state index in [9.17, 15) is 13.2 Å². The number of para-hydroxylation sites is 1. The first-order chi connectivity index (χ1) is 11.9. The number of aryl methyl sites for hydroxylation is 1. The third-order valence-electron chi connectivity index (χ3n) is 3.65. The number of alkyl halides is 3. The average Bonchev–Trinajstić information content (AvgIpc) is 2.89. The lowest BCUT2D eigenvalue weighted by Crippen LogP contribution is -2.17. The van der Waals surface area contributed by atoms with Crippen LogP contribution in [0.1, 0.15) is 5.56 Å². The van der Waals surface area contributed by atoms with Gasteiger partial charge in [-0.15, -0.1) is 13.2 Å². The number of benzene rings is 2. The lowest BCUT2D eigenvalue weighted by atomic mass is 10.2. The van der Waals surface area contributed by atoms with E-state index >= 15 is 0 Å². The standard InChI is InChI=1S/C18H15F3N2O2/c1-23-11-12(10-22-13-6-8-14(24-2)9-7-13)15-4-3-5-16(17(15)23)25-18(19,20)21/h3-11H,1-2H3. The summed E-state index contributed by atoms with van der Waals surface area (Å²) in [6, 6.07) is 11.7. The average molecular weight is 348 g/mol. The molecular formula is C18H15F3N2O2. The van der Waals surface area contributed by atoms with Gasteiger partial charge < -0.3 is 14.0 Å². The van der Waals surface area contributed by atoms with E-state index in [1.807, 2.05) is 0 Å². The summed E-state index contributed by atoms with van der Waals surface area (Å²) in [5, 5.41) is 0.626. The molecule has 25 heavy (non-hydrogen) atoms. The lowest BCUT2D eigenvalue weighted by Gasteiger charge is -2.10. The van der Waals surface area contributed by atoms with E-state index in [2.05, 4.69) is 9.73 Å². The second-order valence-corrected chi connectivity index (χ2v) is 5.35. The Hall–Kier alpha value is -2.96. The second-order valence-electron chi connectivity index (χ2n) is 5.35. The first-order valence-corrected chi connectivity index (χ1v) is 7.39. The van der Waals surface area contributed by atoms with Crippen LogP contribution in [0.4, 0.5) is 18.9 Å². The molecule has 4 nitrogen and oxygen atoms in total. The first-order valence-electron chi connectivity index (χ1n) is 7.39. The Labute approximate surface area is 142 Å². The largest absolute Gasteiger partial charge is 0.573 e. The molecule has 0 saturated carbocycles. The molecule has 0 aliphatic heterocycles. The number of rotatable bonds is 4. The minimum Gasteiger partial charge on any atom is -0.497 e. The zero-order chi connectivity index (χ0) is 18.0. The van der Waals surface area contributed by atoms with E-state index in [0.717, 1.165) is 5.75 Å². The summed E-state index contributed by atoms with van der Waals surface area (Å²) >= 11 is 0. The zero-order valence-electron chi connectivity index (χ0n) is 13.5. The van der Waals surface area contributed by atoms with Crippen LogP contribution in [0.5, 0.6) is 11.5 Å². The molecule has 0 radical (unpaired) electrons.